The lowest BCUT2D eigenvalue weighted by atomic mass is 10.1. The minimum Gasteiger partial charge on any atom is -0.357 e. The Morgan fingerprint density at radius 2 is 1.36 bits per heavy atom. The summed E-state index contributed by atoms with van der Waals surface area (Å²) < 4.78 is 1.14. The first-order valence-electron chi connectivity index (χ1n) is 7.83. The normalized spacial score (nSPS) is 10.4. The third-order valence-electron chi connectivity index (χ3n) is 3.42. The fourth-order valence-corrected chi connectivity index (χ4v) is 3.01. The van der Waals surface area contributed by atoms with Gasteiger partial charge in [0.2, 0.25) is 17.8 Å². The van der Waals surface area contributed by atoms with Gasteiger partial charge in [0.15, 0.2) is 0 Å². The van der Waals surface area contributed by atoms with Gasteiger partial charge < -0.3 is 16.0 Å². The van der Waals surface area contributed by atoms with Gasteiger partial charge in [0.25, 0.3) is 0 Å². The Kier molecular flexibility index (Phi) is 5.32. The first-order chi connectivity index (χ1) is 12.0. The SMILES string of the molecule is CNc1nc(Nc2cc(C)cc(C)c2)nc(Nc2cccc(I)c2)n1. The molecule has 0 spiro atoms. The first kappa shape index (κ1) is 17.4. The predicted octanol–water partition coefficient (Wildman–Crippen LogP) is 4.62. The quantitative estimate of drug-likeness (QED) is 0.497. The van der Waals surface area contributed by atoms with E-state index in [1.54, 1.807) is 7.05 Å². The molecule has 6 nitrogen and oxygen atoms in total. The van der Waals surface area contributed by atoms with Crippen molar-refractivity contribution in [3.63, 3.8) is 0 Å². The number of aryl methyl sites for hydroxylation is 2. The van der Waals surface area contributed by atoms with Crippen molar-refractivity contribution < 1.29 is 0 Å². The Morgan fingerprint density at radius 3 is 1.96 bits per heavy atom. The van der Waals surface area contributed by atoms with Gasteiger partial charge in [0.05, 0.1) is 0 Å². The van der Waals surface area contributed by atoms with Crippen molar-refractivity contribution in [2.45, 2.75) is 13.8 Å². The van der Waals surface area contributed by atoms with Crippen LogP contribution in [0.25, 0.3) is 0 Å². The van der Waals surface area contributed by atoms with Crippen LogP contribution in [0.3, 0.4) is 0 Å². The molecule has 0 bridgehead atoms. The Hall–Kier alpha value is -2.42. The number of nitrogens with one attached hydrogen (secondary N) is 3. The molecule has 0 fully saturated rings. The van der Waals surface area contributed by atoms with Gasteiger partial charge in [-0.05, 0) is 77.9 Å². The molecule has 7 heteroatoms. The van der Waals surface area contributed by atoms with Crippen LogP contribution in [-0.2, 0) is 0 Å². The van der Waals surface area contributed by atoms with Crippen molar-refractivity contribution in [2.24, 2.45) is 0 Å². The van der Waals surface area contributed by atoms with Gasteiger partial charge in [-0.1, -0.05) is 12.1 Å². The van der Waals surface area contributed by atoms with Crippen molar-refractivity contribution >= 4 is 51.8 Å². The largest absolute Gasteiger partial charge is 0.357 e. The Morgan fingerprint density at radius 1 is 0.760 bits per heavy atom. The molecule has 2 aromatic carbocycles. The van der Waals surface area contributed by atoms with Crippen LogP contribution in [0, 0.1) is 17.4 Å². The molecule has 0 unspecified atom stereocenters. The average molecular weight is 446 g/mol. The van der Waals surface area contributed by atoms with Gasteiger partial charge in [-0.2, -0.15) is 15.0 Å². The van der Waals surface area contributed by atoms with Crippen molar-refractivity contribution in [1.29, 1.82) is 0 Å². The third kappa shape index (κ3) is 4.79. The molecule has 3 rings (SSSR count). The van der Waals surface area contributed by atoms with Crippen LogP contribution in [0.2, 0.25) is 0 Å². The van der Waals surface area contributed by atoms with Crippen LogP contribution in [0.15, 0.2) is 42.5 Å². The molecule has 0 saturated heterocycles. The van der Waals surface area contributed by atoms with Crippen LogP contribution < -0.4 is 16.0 Å². The zero-order chi connectivity index (χ0) is 17.8. The minimum absolute atomic E-state index is 0.480. The van der Waals surface area contributed by atoms with Gasteiger partial charge in [-0.25, -0.2) is 0 Å². The number of nitrogens with zero attached hydrogens (tertiary/aromatic N) is 3. The lowest BCUT2D eigenvalue weighted by Crippen LogP contribution is -2.07. The van der Waals surface area contributed by atoms with E-state index in [2.05, 4.69) is 85.5 Å². The maximum Gasteiger partial charge on any atom is 0.233 e. The smallest absolute Gasteiger partial charge is 0.233 e. The number of aromatic nitrogens is 3. The molecule has 0 amide bonds. The van der Waals surface area contributed by atoms with E-state index in [1.165, 1.54) is 11.1 Å². The Bertz CT molecular complexity index is 876. The summed E-state index contributed by atoms with van der Waals surface area (Å²) in [6.07, 6.45) is 0. The number of benzene rings is 2. The fourth-order valence-electron chi connectivity index (χ4n) is 2.47. The molecule has 3 N–H and O–H groups in total. The highest BCUT2D eigenvalue weighted by Crippen LogP contribution is 2.21. The molecule has 0 radical (unpaired) electrons. The third-order valence-corrected chi connectivity index (χ3v) is 4.09. The van der Waals surface area contributed by atoms with Gasteiger partial charge in [-0.15, -0.1) is 0 Å². The van der Waals surface area contributed by atoms with Crippen LogP contribution in [0.1, 0.15) is 11.1 Å². The summed E-state index contributed by atoms with van der Waals surface area (Å²) in [5.74, 6) is 1.46. The van der Waals surface area contributed by atoms with Crippen molar-refractivity contribution in [3.05, 3.63) is 57.2 Å². The maximum absolute atomic E-state index is 4.47. The molecular weight excluding hydrogens is 427 g/mol. The number of rotatable bonds is 5. The second-order valence-corrected chi connectivity index (χ2v) is 6.94. The van der Waals surface area contributed by atoms with E-state index in [9.17, 15) is 0 Å². The standard InChI is InChI=1S/C18H19IN6/c1-11-7-12(2)9-15(8-11)22-18-24-16(20-3)23-17(25-18)21-14-6-4-5-13(19)10-14/h4-10H,1-3H3,(H3,20,21,22,23,24,25). The van der Waals surface area contributed by atoms with Crippen molar-refractivity contribution in [1.82, 2.24) is 15.0 Å². The van der Waals surface area contributed by atoms with E-state index < -0.39 is 0 Å². The Balaban J connectivity index is 1.89. The lowest BCUT2D eigenvalue weighted by Gasteiger charge is -2.11. The molecule has 3 aromatic rings. The molecule has 25 heavy (non-hydrogen) atoms. The highest BCUT2D eigenvalue weighted by molar-refractivity contribution is 14.1. The molecule has 0 aliphatic carbocycles. The summed E-state index contributed by atoms with van der Waals surface area (Å²) in [5, 5.41) is 9.45. The van der Waals surface area contributed by atoms with Crippen molar-refractivity contribution in [3.8, 4) is 0 Å². The van der Waals surface area contributed by atoms with E-state index >= 15 is 0 Å². The van der Waals surface area contributed by atoms with Gasteiger partial charge >= 0.3 is 0 Å². The van der Waals surface area contributed by atoms with Crippen LogP contribution in [0.5, 0.6) is 0 Å². The summed E-state index contributed by atoms with van der Waals surface area (Å²) >= 11 is 2.27. The van der Waals surface area contributed by atoms with Crippen molar-refractivity contribution in [2.75, 3.05) is 23.0 Å². The summed E-state index contributed by atoms with van der Waals surface area (Å²) in [4.78, 5) is 13.2. The highest BCUT2D eigenvalue weighted by atomic mass is 127. The molecule has 1 heterocycles. The summed E-state index contributed by atoms with van der Waals surface area (Å²) in [6, 6.07) is 14.3. The molecule has 128 valence electrons. The van der Waals surface area contributed by atoms with E-state index in [0.717, 1.165) is 14.9 Å². The molecule has 0 aliphatic rings. The van der Waals surface area contributed by atoms with E-state index in [1.807, 2.05) is 24.3 Å². The van der Waals surface area contributed by atoms with Crippen LogP contribution in [0.4, 0.5) is 29.2 Å². The second-order valence-electron chi connectivity index (χ2n) is 5.69. The Labute approximate surface area is 160 Å². The molecule has 1 aromatic heterocycles. The summed E-state index contributed by atoms with van der Waals surface area (Å²) in [7, 11) is 1.78. The minimum atomic E-state index is 0.480. The predicted molar refractivity (Wildman–Crippen MR) is 111 cm³/mol. The second kappa shape index (κ2) is 7.64. The zero-order valence-corrected chi connectivity index (χ0v) is 16.4. The van der Waals surface area contributed by atoms with E-state index in [0.29, 0.717) is 17.8 Å². The van der Waals surface area contributed by atoms with Crippen LogP contribution >= 0.6 is 22.6 Å². The average Bonchev–Trinajstić information content (AvgIpc) is 2.53. The summed E-state index contributed by atoms with van der Waals surface area (Å²) in [6.45, 7) is 4.13. The molecular formula is C18H19IN6. The first-order valence-corrected chi connectivity index (χ1v) is 8.91. The molecule has 0 aliphatic heterocycles. The topological polar surface area (TPSA) is 74.8 Å². The molecule has 0 atom stereocenters. The summed E-state index contributed by atoms with van der Waals surface area (Å²) in [5.41, 5.74) is 4.24. The number of halogens is 1. The highest BCUT2D eigenvalue weighted by Gasteiger charge is 2.07. The van der Waals surface area contributed by atoms with Gasteiger partial charge in [0.1, 0.15) is 0 Å². The lowest BCUT2D eigenvalue weighted by molar-refractivity contribution is 1.06. The number of hydrogen-bond donors (Lipinski definition) is 3. The van der Waals surface area contributed by atoms with E-state index in [-0.39, 0.29) is 0 Å². The number of anilines is 5. The van der Waals surface area contributed by atoms with Gasteiger partial charge in [0, 0.05) is 22.0 Å². The van der Waals surface area contributed by atoms with E-state index in [4.69, 9.17) is 0 Å². The van der Waals surface area contributed by atoms with Gasteiger partial charge in [-0.3, -0.25) is 0 Å². The molecule has 0 saturated carbocycles. The maximum atomic E-state index is 4.47. The number of hydrogen-bond acceptors (Lipinski definition) is 6. The zero-order valence-electron chi connectivity index (χ0n) is 14.3. The monoisotopic (exact) mass is 446 g/mol. The fraction of sp³-hybridized carbons (Fsp3) is 0.167. The van der Waals surface area contributed by atoms with Crippen LogP contribution in [-0.4, -0.2) is 22.0 Å².